The topological polar surface area (TPSA) is 90.9 Å². The van der Waals surface area contributed by atoms with Crippen LogP contribution in [0.4, 0.5) is 5.82 Å². The van der Waals surface area contributed by atoms with Crippen LogP contribution in [-0.2, 0) is 0 Å². The monoisotopic (exact) mass is 309 g/mol. The molecule has 4 rings (SSSR count). The summed E-state index contributed by atoms with van der Waals surface area (Å²) in [6.45, 7) is 2.73. The summed E-state index contributed by atoms with van der Waals surface area (Å²) >= 11 is 0. The minimum Gasteiger partial charge on any atom is -0.351 e. The van der Waals surface area contributed by atoms with Gasteiger partial charge in [0.05, 0.1) is 11.9 Å². The number of aromatic amines is 1. The van der Waals surface area contributed by atoms with Crippen molar-refractivity contribution >= 4 is 22.9 Å². The molecule has 0 aliphatic carbocycles. The van der Waals surface area contributed by atoms with Crippen LogP contribution < -0.4 is 4.90 Å². The van der Waals surface area contributed by atoms with Gasteiger partial charge >= 0.3 is 0 Å². The minimum atomic E-state index is 0.0205. The number of H-pyrrole nitrogens is 1. The zero-order chi connectivity index (χ0) is 15.6. The molecule has 1 saturated heterocycles. The molecular formula is C15H15N7O. The van der Waals surface area contributed by atoms with Crippen molar-refractivity contribution in [2.24, 2.45) is 0 Å². The molecule has 116 valence electrons. The number of carbonyl (C=O) groups is 1. The first-order valence-electron chi connectivity index (χ1n) is 7.41. The lowest BCUT2D eigenvalue weighted by molar-refractivity contribution is 0.0746. The van der Waals surface area contributed by atoms with Crippen LogP contribution >= 0.6 is 0 Å². The zero-order valence-corrected chi connectivity index (χ0v) is 12.4. The summed E-state index contributed by atoms with van der Waals surface area (Å²) in [6.07, 6.45) is 6.41. The highest BCUT2D eigenvalue weighted by Gasteiger charge is 2.24. The first kappa shape index (κ1) is 13.6. The van der Waals surface area contributed by atoms with Gasteiger partial charge in [-0.05, 0) is 12.1 Å². The number of nitrogens with zero attached hydrogens (tertiary/aromatic N) is 6. The van der Waals surface area contributed by atoms with E-state index in [2.05, 4.69) is 29.8 Å². The summed E-state index contributed by atoms with van der Waals surface area (Å²) in [6, 6.07) is 3.57. The molecule has 1 N–H and O–H groups in total. The molecule has 0 saturated carbocycles. The van der Waals surface area contributed by atoms with Crippen LogP contribution in [0.3, 0.4) is 0 Å². The molecule has 0 spiro atoms. The summed E-state index contributed by atoms with van der Waals surface area (Å²) in [4.78, 5) is 36.2. The van der Waals surface area contributed by atoms with E-state index in [9.17, 15) is 4.79 Å². The standard InChI is InChI=1S/C15H15N7O/c23-15(11-2-1-3-16-8-11)22-6-4-21(5-7-22)14-12-13(18-9-17-12)19-10-20-14/h1-3,8-10H,4-7H2,(H,17,18,19,20). The molecule has 0 bridgehead atoms. The van der Waals surface area contributed by atoms with E-state index in [1.165, 1.54) is 6.33 Å². The SMILES string of the molecule is O=C(c1cccnc1)N1CCN(c2ncnc3nc[nH]c23)CC1. The molecule has 4 heterocycles. The Bertz CT molecular complexity index is 824. The number of nitrogens with one attached hydrogen (secondary N) is 1. The Labute approximate surface area is 132 Å². The highest BCUT2D eigenvalue weighted by Crippen LogP contribution is 2.21. The number of carbonyl (C=O) groups excluding carboxylic acids is 1. The van der Waals surface area contributed by atoms with Crippen LogP contribution in [0.2, 0.25) is 0 Å². The molecule has 0 atom stereocenters. The van der Waals surface area contributed by atoms with Crippen LogP contribution in [0.15, 0.2) is 37.2 Å². The number of rotatable bonds is 2. The number of amides is 1. The Morgan fingerprint density at radius 2 is 2.00 bits per heavy atom. The number of imidazole rings is 1. The van der Waals surface area contributed by atoms with Gasteiger partial charge in [0, 0.05) is 38.6 Å². The van der Waals surface area contributed by atoms with Gasteiger partial charge in [-0.3, -0.25) is 9.78 Å². The molecule has 0 unspecified atom stereocenters. The van der Waals surface area contributed by atoms with Crippen molar-refractivity contribution in [2.45, 2.75) is 0 Å². The maximum absolute atomic E-state index is 12.4. The van der Waals surface area contributed by atoms with Gasteiger partial charge in [-0.25, -0.2) is 15.0 Å². The number of hydrogen-bond acceptors (Lipinski definition) is 6. The molecule has 0 radical (unpaired) electrons. The van der Waals surface area contributed by atoms with Crippen LogP contribution in [-0.4, -0.2) is 61.9 Å². The number of fused-ring (bicyclic) bond motifs is 1. The first-order valence-corrected chi connectivity index (χ1v) is 7.41. The average molecular weight is 309 g/mol. The Morgan fingerprint density at radius 3 is 2.78 bits per heavy atom. The average Bonchev–Trinajstić information content (AvgIpc) is 3.11. The third-order valence-corrected chi connectivity index (χ3v) is 3.98. The third-order valence-electron chi connectivity index (χ3n) is 3.98. The van der Waals surface area contributed by atoms with E-state index in [4.69, 9.17) is 0 Å². The number of anilines is 1. The van der Waals surface area contributed by atoms with Gasteiger partial charge in [-0.15, -0.1) is 0 Å². The van der Waals surface area contributed by atoms with Crippen LogP contribution in [0.25, 0.3) is 11.2 Å². The van der Waals surface area contributed by atoms with Crippen molar-refractivity contribution in [3.63, 3.8) is 0 Å². The molecule has 3 aromatic rings. The molecule has 3 aromatic heterocycles. The van der Waals surface area contributed by atoms with Gasteiger partial charge in [0.1, 0.15) is 11.8 Å². The lowest BCUT2D eigenvalue weighted by Gasteiger charge is -2.35. The van der Waals surface area contributed by atoms with Crippen molar-refractivity contribution in [1.29, 1.82) is 0 Å². The minimum absolute atomic E-state index is 0.0205. The van der Waals surface area contributed by atoms with Crippen LogP contribution in [0, 0.1) is 0 Å². The van der Waals surface area contributed by atoms with Gasteiger partial charge in [-0.1, -0.05) is 0 Å². The lowest BCUT2D eigenvalue weighted by Crippen LogP contribution is -2.49. The second-order valence-electron chi connectivity index (χ2n) is 5.32. The summed E-state index contributed by atoms with van der Waals surface area (Å²) in [5, 5.41) is 0. The van der Waals surface area contributed by atoms with Gasteiger partial charge in [0.2, 0.25) is 0 Å². The second kappa shape index (κ2) is 5.64. The Kier molecular flexibility index (Phi) is 3.34. The van der Waals surface area contributed by atoms with Crippen molar-refractivity contribution in [3.05, 3.63) is 42.7 Å². The highest BCUT2D eigenvalue weighted by molar-refractivity contribution is 5.94. The fourth-order valence-corrected chi connectivity index (χ4v) is 2.79. The molecule has 1 aliphatic heterocycles. The van der Waals surface area contributed by atoms with Crippen molar-refractivity contribution < 1.29 is 4.79 Å². The molecule has 23 heavy (non-hydrogen) atoms. The van der Waals surface area contributed by atoms with Gasteiger partial charge in [0.15, 0.2) is 11.5 Å². The highest BCUT2D eigenvalue weighted by atomic mass is 16.2. The second-order valence-corrected chi connectivity index (χ2v) is 5.32. The van der Waals surface area contributed by atoms with E-state index in [0.29, 0.717) is 24.3 Å². The molecule has 1 aliphatic rings. The van der Waals surface area contributed by atoms with E-state index in [1.54, 1.807) is 30.9 Å². The Morgan fingerprint density at radius 1 is 1.13 bits per heavy atom. The predicted molar refractivity (Wildman–Crippen MR) is 84.0 cm³/mol. The Hall–Kier alpha value is -3.03. The largest absolute Gasteiger partial charge is 0.351 e. The molecule has 1 fully saturated rings. The molecule has 8 nitrogen and oxygen atoms in total. The molecule has 1 amide bonds. The van der Waals surface area contributed by atoms with Crippen LogP contribution in [0.5, 0.6) is 0 Å². The maximum Gasteiger partial charge on any atom is 0.255 e. The first-order chi connectivity index (χ1) is 11.3. The third kappa shape index (κ3) is 2.48. The quantitative estimate of drug-likeness (QED) is 0.750. The maximum atomic E-state index is 12.4. The summed E-state index contributed by atoms with van der Waals surface area (Å²) < 4.78 is 0. The van der Waals surface area contributed by atoms with Crippen molar-refractivity contribution in [1.82, 2.24) is 29.8 Å². The van der Waals surface area contributed by atoms with E-state index in [0.717, 1.165) is 24.4 Å². The lowest BCUT2D eigenvalue weighted by atomic mass is 10.2. The fourth-order valence-electron chi connectivity index (χ4n) is 2.79. The summed E-state index contributed by atoms with van der Waals surface area (Å²) in [5.74, 6) is 0.855. The van der Waals surface area contributed by atoms with Crippen molar-refractivity contribution in [2.75, 3.05) is 31.1 Å². The molecular weight excluding hydrogens is 294 g/mol. The number of aromatic nitrogens is 5. The zero-order valence-electron chi connectivity index (χ0n) is 12.4. The van der Waals surface area contributed by atoms with E-state index in [1.807, 2.05) is 4.90 Å². The van der Waals surface area contributed by atoms with Crippen LogP contribution in [0.1, 0.15) is 10.4 Å². The van der Waals surface area contributed by atoms with Gasteiger partial charge < -0.3 is 14.8 Å². The van der Waals surface area contributed by atoms with E-state index in [-0.39, 0.29) is 5.91 Å². The van der Waals surface area contributed by atoms with E-state index < -0.39 is 0 Å². The van der Waals surface area contributed by atoms with Gasteiger partial charge in [-0.2, -0.15) is 0 Å². The van der Waals surface area contributed by atoms with E-state index >= 15 is 0 Å². The van der Waals surface area contributed by atoms with Crippen molar-refractivity contribution in [3.8, 4) is 0 Å². The molecule has 0 aromatic carbocycles. The summed E-state index contributed by atoms with van der Waals surface area (Å²) in [7, 11) is 0. The number of piperazine rings is 1. The summed E-state index contributed by atoms with van der Waals surface area (Å²) in [5.41, 5.74) is 2.11. The normalized spacial score (nSPS) is 15.1. The molecule has 8 heteroatoms. The Balaban J connectivity index is 1.49. The smallest absolute Gasteiger partial charge is 0.255 e. The number of hydrogen-bond donors (Lipinski definition) is 1. The predicted octanol–water partition coefficient (Wildman–Crippen LogP) is 0.710. The fraction of sp³-hybridized carbons (Fsp3) is 0.267. The van der Waals surface area contributed by atoms with Gasteiger partial charge in [0.25, 0.3) is 5.91 Å². The number of pyridine rings is 1.